The van der Waals surface area contributed by atoms with E-state index in [1.807, 2.05) is 44.2 Å². The van der Waals surface area contributed by atoms with Crippen LogP contribution in [0.25, 0.3) is 0 Å². The van der Waals surface area contributed by atoms with Crippen LogP contribution in [0.3, 0.4) is 0 Å². The Morgan fingerprint density at radius 3 is 2.17 bits per heavy atom. The predicted molar refractivity (Wildman–Crippen MR) is 158 cm³/mol. The van der Waals surface area contributed by atoms with Crippen LogP contribution in [0.1, 0.15) is 26.3 Å². The van der Waals surface area contributed by atoms with Crippen LogP contribution in [0.5, 0.6) is 5.75 Å². The maximum absolute atomic E-state index is 14.0. The van der Waals surface area contributed by atoms with Gasteiger partial charge in [0.05, 0.1) is 17.7 Å². The largest absolute Gasteiger partial charge is 0.495 e. The smallest absolute Gasteiger partial charge is 0.264 e. The Labute approximate surface area is 241 Å². The molecule has 40 heavy (non-hydrogen) atoms. The Morgan fingerprint density at radius 2 is 1.57 bits per heavy atom. The first-order valence-corrected chi connectivity index (χ1v) is 14.9. The van der Waals surface area contributed by atoms with Crippen LogP contribution in [0.4, 0.5) is 5.69 Å². The molecule has 0 spiro atoms. The molecular formula is C30H36ClN3O5S. The van der Waals surface area contributed by atoms with Gasteiger partial charge in [-0.15, -0.1) is 0 Å². The standard InChI is InChI=1S/C30H36ClN3O5S/c1-22(2)20-32-30(36)23(3)33(18-17-24-11-7-5-8-12-24)29(35)21-34(27-19-25(31)15-16-28(27)39-4)40(37,38)26-13-9-6-10-14-26/h5-16,19,22-23H,17-18,20-21H2,1-4H3,(H,32,36)/t23-/m0/s1. The molecule has 0 bridgehead atoms. The molecule has 0 aliphatic rings. The van der Waals surface area contributed by atoms with Crippen LogP contribution >= 0.6 is 11.6 Å². The second-order valence-electron chi connectivity index (χ2n) is 9.78. The summed E-state index contributed by atoms with van der Waals surface area (Å²) in [6.45, 7) is 5.71. The van der Waals surface area contributed by atoms with E-state index in [2.05, 4.69) is 5.32 Å². The summed E-state index contributed by atoms with van der Waals surface area (Å²) in [6.07, 6.45) is 0.486. The third kappa shape index (κ3) is 7.99. The van der Waals surface area contributed by atoms with E-state index >= 15 is 0 Å². The number of carbonyl (C=O) groups excluding carboxylic acids is 2. The van der Waals surface area contributed by atoms with Gasteiger partial charge in [-0.2, -0.15) is 0 Å². The lowest BCUT2D eigenvalue weighted by molar-refractivity contribution is -0.138. The number of methoxy groups -OCH3 is 1. The lowest BCUT2D eigenvalue weighted by atomic mass is 10.1. The Balaban J connectivity index is 2.02. The molecule has 3 aromatic rings. The number of hydrogen-bond acceptors (Lipinski definition) is 5. The second-order valence-corrected chi connectivity index (χ2v) is 12.1. The van der Waals surface area contributed by atoms with Crippen molar-refractivity contribution in [2.45, 2.75) is 38.1 Å². The summed E-state index contributed by atoms with van der Waals surface area (Å²) in [5.41, 5.74) is 1.10. The van der Waals surface area contributed by atoms with Gasteiger partial charge < -0.3 is 15.0 Å². The highest BCUT2D eigenvalue weighted by Gasteiger charge is 2.33. The zero-order chi connectivity index (χ0) is 29.3. The second kappa shape index (κ2) is 14.2. The number of anilines is 1. The minimum Gasteiger partial charge on any atom is -0.495 e. The van der Waals surface area contributed by atoms with Crippen molar-refractivity contribution in [1.82, 2.24) is 10.2 Å². The Bertz CT molecular complexity index is 1380. The van der Waals surface area contributed by atoms with E-state index in [-0.39, 0.29) is 39.7 Å². The van der Waals surface area contributed by atoms with Crippen LogP contribution in [-0.2, 0) is 26.0 Å². The average molecular weight is 586 g/mol. The molecule has 2 amide bonds. The number of nitrogens with zero attached hydrogens (tertiary/aromatic N) is 2. The summed E-state index contributed by atoms with van der Waals surface area (Å²) in [5.74, 6) is -0.390. The number of carbonyl (C=O) groups is 2. The Hall–Kier alpha value is -3.56. The maximum Gasteiger partial charge on any atom is 0.264 e. The van der Waals surface area contributed by atoms with Gasteiger partial charge in [0.1, 0.15) is 18.3 Å². The maximum atomic E-state index is 14.0. The van der Waals surface area contributed by atoms with Gasteiger partial charge >= 0.3 is 0 Å². The zero-order valence-electron chi connectivity index (χ0n) is 23.2. The van der Waals surface area contributed by atoms with Gasteiger partial charge in [-0.1, -0.05) is 74.0 Å². The van der Waals surface area contributed by atoms with E-state index in [1.54, 1.807) is 37.3 Å². The molecule has 214 valence electrons. The fourth-order valence-electron chi connectivity index (χ4n) is 4.11. The predicted octanol–water partition coefficient (Wildman–Crippen LogP) is 4.78. The van der Waals surface area contributed by atoms with Gasteiger partial charge in [-0.05, 0) is 55.2 Å². The van der Waals surface area contributed by atoms with Crippen molar-refractivity contribution in [3.05, 3.63) is 89.4 Å². The Kier molecular flexibility index (Phi) is 11.0. The highest BCUT2D eigenvalue weighted by Crippen LogP contribution is 2.35. The summed E-state index contributed by atoms with van der Waals surface area (Å²) in [4.78, 5) is 28.4. The van der Waals surface area contributed by atoms with Crippen molar-refractivity contribution in [3.63, 3.8) is 0 Å². The third-order valence-electron chi connectivity index (χ3n) is 6.36. The summed E-state index contributed by atoms with van der Waals surface area (Å²) in [5, 5.41) is 3.16. The van der Waals surface area contributed by atoms with Crippen molar-refractivity contribution in [2.24, 2.45) is 5.92 Å². The fourth-order valence-corrected chi connectivity index (χ4v) is 5.72. The van der Waals surface area contributed by atoms with Crippen molar-refractivity contribution < 1.29 is 22.7 Å². The molecule has 0 aliphatic heterocycles. The van der Waals surface area contributed by atoms with E-state index < -0.39 is 28.5 Å². The lowest BCUT2D eigenvalue weighted by Gasteiger charge is -2.32. The number of halogens is 1. The molecule has 0 heterocycles. The van der Waals surface area contributed by atoms with Gasteiger partial charge in [0.15, 0.2) is 0 Å². The minimum absolute atomic E-state index is 0.00314. The normalized spacial score (nSPS) is 12.1. The summed E-state index contributed by atoms with van der Waals surface area (Å²) in [7, 11) is -2.81. The van der Waals surface area contributed by atoms with Crippen LogP contribution < -0.4 is 14.4 Å². The number of nitrogens with one attached hydrogen (secondary N) is 1. The molecule has 3 rings (SSSR count). The van der Waals surface area contributed by atoms with E-state index in [0.29, 0.717) is 13.0 Å². The van der Waals surface area contributed by atoms with Crippen LogP contribution in [0, 0.1) is 5.92 Å². The summed E-state index contributed by atoms with van der Waals surface area (Å²) in [6, 6.07) is 21.2. The van der Waals surface area contributed by atoms with Crippen molar-refractivity contribution in [3.8, 4) is 5.75 Å². The number of amides is 2. The van der Waals surface area contributed by atoms with Gasteiger partial charge in [-0.3, -0.25) is 13.9 Å². The number of hydrogen-bond donors (Lipinski definition) is 1. The van der Waals surface area contributed by atoms with Crippen LogP contribution in [0.2, 0.25) is 5.02 Å². The molecule has 0 radical (unpaired) electrons. The first-order chi connectivity index (χ1) is 19.0. The Morgan fingerprint density at radius 1 is 0.950 bits per heavy atom. The highest BCUT2D eigenvalue weighted by molar-refractivity contribution is 7.92. The fraction of sp³-hybridized carbons (Fsp3) is 0.333. The molecule has 0 saturated heterocycles. The van der Waals surface area contributed by atoms with E-state index in [4.69, 9.17) is 16.3 Å². The topological polar surface area (TPSA) is 96.0 Å². The quantitative estimate of drug-likeness (QED) is 0.312. The molecule has 0 saturated carbocycles. The van der Waals surface area contributed by atoms with Gasteiger partial charge in [0, 0.05) is 18.1 Å². The number of sulfonamides is 1. The minimum atomic E-state index is -4.22. The van der Waals surface area contributed by atoms with Crippen LogP contribution in [-0.4, -0.2) is 57.9 Å². The molecular weight excluding hydrogens is 550 g/mol. The number of rotatable bonds is 13. The highest BCUT2D eigenvalue weighted by atomic mass is 35.5. The average Bonchev–Trinajstić information content (AvgIpc) is 2.95. The van der Waals surface area contributed by atoms with Crippen LogP contribution in [0.15, 0.2) is 83.8 Å². The first kappa shape index (κ1) is 31.0. The molecule has 0 aromatic heterocycles. The van der Waals surface area contributed by atoms with Crippen molar-refractivity contribution in [1.29, 1.82) is 0 Å². The molecule has 0 unspecified atom stereocenters. The molecule has 0 aliphatic carbocycles. The molecule has 0 fully saturated rings. The molecule has 1 N–H and O–H groups in total. The first-order valence-electron chi connectivity index (χ1n) is 13.1. The molecule has 8 nitrogen and oxygen atoms in total. The van der Waals surface area contributed by atoms with Gasteiger partial charge in [0.25, 0.3) is 10.0 Å². The molecule has 3 aromatic carbocycles. The lowest BCUT2D eigenvalue weighted by Crippen LogP contribution is -2.52. The number of ether oxygens (including phenoxy) is 1. The van der Waals surface area contributed by atoms with Crippen molar-refractivity contribution >= 4 is 39.1 Å². The molecule has 1 atom stereocenters. The van der Waals surface area contributed by atoms with Gasteiger partial charge in [-0.25, -0.2) is 8.42 Å². The van der Waals surface area contributed by atoms with Gasteiger partial charge in [0.2, 0.25) is 11.8 Å². The SMILES string of the molecule is COc1ccc(Cl)cc1N(CC(=O)N(CCc1ccccc1)[C@@H](C)C(=O)NCC(C)C)S(=O)(=O)c1ccccc1. The van der Waals surface area contributed by atoms with E-state index in [9.17, 15) is 18.0 Å². The monoisotopic (exact) mass is 585 g/mol. The van der Waals surface area contributed by atoms with Crippen molar-refractivity contribution in [2.75, 3.05) is 31.0 Å². The third-order valence-corrected chi connectivity index (χ3v) is 8.36. The summed E-state index contributed by atoms with van der Waals surface area (Å²) < 4.78 is 34.3. The van der Waals surface area contributed by atoms with E-state index in [0.717, 1.165) is 9.87 Å². The zero-order valence-corrected chi connectivity index (χ0v) is 24.8. The summed E-state index contributed by atoms with van der Waals surface area (Å²) >= 11 is 6.26. The number of benzene rings is 3. The van der Waals surface area contributed by atoms with E-state index in [1.165, 1.54) is 30.2 Å². The molecule has 10 heteroatoms.